The van der Waals surface area contributed by atoms with Gasteiger partial charge in [-0.2, -0.15) is 0 Å². The number of rotatable bonds is 7. The molecule has 0 spiro atoms. The van der Waals surface area contributed by atoms with E-state index in [1.165, 1.54) is 0 Å². The van der Waals surface area contributed by atoms with E-state index in [0.717, 1.165) is 25.3 Å². The van der Waals surface area contributed by atoms with Crippen molar-refractivity contribution in [1.29, 1.82) is 0 Å². The Hall–Kier alpha value is -1.66. The number of anilines is 1. The summed E-state index contributed by atoms with van der Waals surface area (Å²) < 4.78 is 0. The molecule has 4 N–H and O–H groups in total. The third-order valence-corrected chi connectivity index (χ3v) is 3.12. The summed E-state index contributed by atoms with van der Waals surface area (Å²) in [6.45, 7) is 7.71. The molecular formula is C14H22N4OS. The number of nitrogens with two attached hydrogens (primary N) is 1. The highest BCUT2D eigenvalue weighted by Gasteiger charge is 2.06. The molecule has 5 nitrogen and oxygen atoms in total. The Labute approximate surface area is 125 Å². The van der Waals surface area contributed by atoms with E-state index in [1.54, 1.807) is 24.3 Å². The second-order valence-electron chi connectivity index (χ2n) is 4.35. The molecule has 0 unspecified atom stereocenters. The quantitative estimate of drug-likeness (QED) is 0.663. The number of amides is 1. The van der Waals surface area contributed by atoms with Gasteiger partial charge in [0.15, 0.2) is 5.11 Å². The number of likely N-dealkylation sites (N-methyl/N-ethyl adjacent to an activating group) is 1. The molecule has 0 aliphatic carbocycles. The van der Waals surface area contributed by atoms with Crippen LogP contribution in [0.5, 0.6) is 0 Å². The van der Waals surface area contributed by atoms with E-state index < -0.39 is 0 Å². The predicted molar refractivity (Wildman–Crippen MR) is 87.0 cm³/mol. The molecule has 6 heteroatoms. The fourth-order valence-corrected chi connectivity index (χ4v) is 1.93. The topological polar surface area (TPSA) is 70.4 Å². The molecule has 0 radical (unpaired) electrons. The lowest BCUT2D eigenvalue weighted by molar-refractivity contribution is 0.0949. The van der Waals surface area contributed by atoms with Crippen molar-refractivity contribution < 1.29 is 4.79 Å². The van der Waals surface area contributed by atoms with Crippen molar-refractivity contribution in [1.82, 2.24) is 10.2 Å². The van der Waals surface area contributed by atoms with Crippen molar-refractivity contribution in [2.75, 3.05) is 31.5 Å². The van der Waals surface area contributed by atoms with Crippen molar-refractivity contribution in [3.8, 4) is 0 Å². The zero-order valence-corrected chi connectivity index (χ0v) is 12.8. The van der Waals surface area contributed by atoms with Gasteiger partial charge in [0, 0.05) is 24.3 Å². The SMILES string of the molecule is CCN(CC)CCNC(=O)c1ccc(NC(N)=S)cc1. The Kier molecular flexibility index (Phi) is 6.97. The van der Waals surface area contributed by atoms with E-state index >= 15 is 0 Å². The van der Waals surface area contributed by atoms with Crippen molar-refractivity contribution in [2.45, 2.75) is 13.8 Å². The van der Waals surface area contributed by atoms with Gasteiger partial charge in [0.2, 0.25) is 0 Å². The van der Waals surface area contributed by atoms with E-state index in [2.05, 4.69) is 29.4 Å². The van der Waals surface area contributed by atoms with E-state index in [4.69, 9.17) is 18.0 Å². The number of nitrogens with one attached hydrogen (secondary N) is 2. The summed E-state index contributed by atoms with van der Waals surface area (Å²) in [6, 6.07) is 7.04. The summed E-state index contributed by atoms with van der Waals surface area (Å²) in [5, 5.41) is 5.93. The Bertz CT molecular complexity index is 443. The van der Waals surface area contributed by atoms with Crippen LogP contribution in [0.4, 0.5) is 5.69 Å². The largest absolute Gasteiger partial charge is 0.376 e. The molecule has 1 amide bonds. The molecule has 0 aliphatic rings. The van der Waals surface area contributed by atoms with Gasteiger partial charge in [-0.1, -0.05) is 13.8 Å². The van der Waals surface area contributed by atoms with Crippen molar-refractivity contribution in [3.63, 3.8) is 0 Å². The number of thiocarbonyl (C=S) groups is 1. The van der Waals surface area contributed by atoms with Gasteiger partial charge in [-0.25, -0.2) is 0 Å². The van der Waals surface area contributed by atoms with E-state index in [0.29, 0.717) is 12.1 Å². The van der Waals surface area contributed by atoms with Gasteiger partial charge in [-0.3, -0.25) is 4.79 Å². The van der Waals surface area contributed by atoms with Crippen LogP contribution in [-0.4, -0.2) is 42.1 Å². The van der Waals surface area contributed by atoms with E-state index in [9.17, 15) is 4.79 Å². The van der Waals surface area contributed by atoms with Crippen LogP contribution in [-0.2, 0) is 0 Å². The molecule has 0 heterocycles. The van der Waals surface area contributed by atoms with Gasteiger partial charge >= 0.3 is 0 Å². The molecule has 0 saturated carbocycles. The van der Waals surface area contributed by atoms with Crippen molar-refractivity contribution >= 4 is 28.9 Å². The summed E-state index contributed by atoms with van der Waals surface area (Å²) in [4.78, 5) is 14.2. The number of carbonyl (C=O) groups excluding carboxylic acids is 1. The van der Waals surface area contributed by atoms with Gasteiger partial charge < -0.3 is 21.3 Å². The van der Waals surface area contributed by atoms with Gasteiger partial charge in [0.1, 0.15) is 0 Å². The lowest BCUT2D eigenvalue weighted by Gasteiger charge is -2.17. The standard InChI is InChI=1S/C14H22N4OS/c1-3-18(4-2)10-9-16-13(19)11-5-7-12(8-6-11)17-14(15)20/h5-8H,3-4,9-10H2,1-2H3,(H,16,19)(H3,15,17,20). The number of benzene rings is 1. The van der Waals surface area contributed by atoms with Crippen molar-refractivity contribution in [3.05, 3.63) is 29.8 Å². The third kappa shape index (κ3) is 5.54. The maximum atomic E-state index is 11.9. The maximum Gasteiger partial charge on any atom is 0.251 e. The fraction of sp³-hybridized carbons (Fsp3) is 0.429. The second-order valence-corrected chi connectivity index (χ2v) is 4.79. The second kappa shape index (κ2) is 8.50. The highest BCUT2D eigenvalue weighted by atomic mass is 32.1. The summed E-state index contributed by atoms with van der Waals surface area (Å²) in [7, 11) is 0. The molecule has 0 fully saturated rings. The molecule has 0 saturated heterocycles. The molecule has 1 aromatic rings. The summed E-state index contributed by atoms with van der Waals surface area (Å²) >= 11 is 4.75. The minimum Gasteiger partial charge on any atom is -0.376 e. The maximum absolute atomic E-state index is 11.9. The Morgan fingerprint density at radius 3 is 2.35 bits per heavy atom. The third-order valence-electron chi connectivity index (χ3n) is 3.02. The van der Waals surface area contributed by atoms with E-state index in [1.807, 2.05) is 0 Å². The molecule has 1 aromatic carbocycles. The fourth-order valence-electron chi connectivity index (χ4n) is 1.82. The first-order valence-corrected chi connectivity index (χ1v) is 7.14. The van der Waals surface area contributed by atoms with Crippen molar-refractivity contribution in [2.24, 2.45) is 5.73 Å². The van der Waals surface area contributed by atoms with Crippen LogP contribution in [0.15, 0.2) is 24.3 Å². The number of hydrogen-bond acceptors (Lipinski definition) is 3. The van der Waals surface area contributed by atoms with Gasteiger partial charge in [0.25, 0.3) is 5.91 Å². The summed E-state index contributed by atoms with van der Waals surface area (Å²) in [6.07, 6.45) is 0. The van der Waals surface area contributed by atoms with E-state index in [-0.39, 0.29) is 11.0 Å². The highest BCUT2D eigenvalue weighted by molar-refractivity contribution is 7.80. The minimum absolute atomic E-state index is 0.0703. The van der Waals surface area contributed by atoms with Crippen LogP contribution in [0.1, 0.15) is 24.2 Å². The van der Waals surface area contributed by atoms with Crippen LogP contribution in [0.3, 0.4) is 0 Å². The van der Waals surface area contributed by atoms with Gasteiger partial charge in [0.05, 0.1) is 0 Å². The smallest absolute Gasteiger partial charge is 0.251 e. The summed E-state index contributed by atoms with van der Waals surface area (Å²) in [5.74, 6) is -0.0703. The Balaban J connectivity index is 2.45. The number of carbonyl (C=O) groups is 1. The van der Waals surface area contributed by atoms with Crippen LogP contribution in [0, 0.1) is 0 Å². The molecule has 1 rings (SSSR count). The molecule has 110 valence electrons. The average Bonchev–Trinajstić information content (AvgIpc) is 2.43. The first kappa shape index (κ1) is 16.4. The molecule has 0 aromatic heterocycles. The monoisotopic (exact) mass is 294 g/mol. The normalized spacial score (nSPS) is 10.3. The molecule has 0 bridgehead atoms. The first-order chi connectivity index (χ1) is 9.56. The zero-order valence-electron chi connectivity index (χ0n) is 12.0. The highest BCUT2D eigenvalue weighted by Crippen LogP contribution is 2.09. The first-order valence-electron chi connectivity index (χ1n) is 6.73. The Morgan fingerprint density at radius 2 is 1.85 bits per heavy atom. The lowest BCUT2D eigenvalue weighted by atomic mass is 10.2. The lowest BCUT2D eigenvalue weighted by Crippen LogP contribution is -2.34. The Morgan fingerprint density at radius 1 is 1.25 bits per heavy atom. The van der Waals surface area contributed by atoms with Crippen LogP contribution in [0.2, 0.25) is 0 Å². The van der Waals surface area contributed by atoms with Gasteiger partial charge in [-0.05, 0) is 49.6 Å². The summed E-state index contributed by atoms with van der Waals surface area (Å²) in [5.41, 5.74) is 6.78. The number of hydrogen-bond donors (Lipinski definition) is 3. The minimum atomic E-state index is -0.0703. The molecular weight excluding hydrogens is 272 g/mol. The molecule has 0 atom stereocenters. The van der Waals surface area contributed by atoms with Crippen LogP contribution < -0.4 is 16.4 Å². The predicted octanol–water partition coefficient (Wildman–Crippen LogP) is 1.41. The molecule has 20 heavy (non-hydrogen) atoms. The van der Waals surface area contributed by atoms with Crippen LogP contribution >= 0.6 is 12.2 Å². The molecule has 0 aliphatic heterocycles. The van der Waals surface area contributed by atoms with Gasteiger partial charge in [-0.15, -0.1) is 0 Å². The van der Waals surface area contributed by atoms with Crippen LogP contribution in [0.25, 0.3) is 0 Å². The zero-order chi connectivity index (χ0) is 15.0. The average molecular weight is 294 g/mol. The number of nitrogens with zero attached hydrogens (tertiary/aromatic N) is 1.